The van der Waals surface area contributed by atoms with Crippen LogP contribution in [0, 0.1) is 0 Å². The molecule has 0 unspecified atom stereocenters. The number of amides is 3. The molecular formula is C20H22N3O3+. The van der Waals surface area contributed by atoms with Gasteiger partial charge >= 0.3 is 6.03 Å². The van der Waals surface area contributed by atoms with Crippen molar-refractivity contribution in [2.45, 2.75) is 25.0 Å². The Hall–Kier alpha value is -2.86. The average molecular weight is 352 g/mol. The van der Waals surface area contributed by atoms with E-state index in [0.717, 1.165) is 18.5 Å². The van der Waals surface area contributed by atoms with Crippen LogP contribution in [0.5, 0.6) is 5.75 Å². The summed E-state index contributed by atoms with van der Waals surface area (Å²) in [5.74, 6) is 0.559. The van der Waals surface area contributed by atoms with E-state index in [2.05, 4.69) is 0 Å². The van der Waals surface area contributed by atoms with E-state index < -0.39 is 0 Å². The van der Waals surface area contributed by atoms with Gasteiger partial charge in [0.05, 0.1) is 19.3 Å². The van der Waals surface area contributed by atoms with Gasteiger partial charge in [0.25, 0.3) is 5.91 Å². The van der Waals surface area contributed by atoms with Crippen molar-refractivity contribution in [3.63, 3.8) is 0 Å². The summed E-state index contributed by atoms with van der Waals surface area (Å²) in [6, 6.07) is 16.4. The van der Waals surface area contributed by atoms with Gasteiger partial charge in [0.1, 0.15) is 11.8 Å². The standard InChI is InChI=1S/C20H21N3O3/c1-26-16-9-7-15(8-10-16)23-19(24)18-17(11-12-21-18)22(20(23)25)13-14-5-3-2-4-6-14/h2-10,17-18,21H,11-13H2,1H3/p+1/t17-,18+/m1/s1. The van der Waals surface area contributed by atoms with E-state index in [1.807, 2.05) is 40.5 Å². The number of methoxy groups -OCH3 is 1. The molecule has 26 heavy (non-hydrogen) atoms. The zero-order chi connectivity index (χ0) is 18.1. The van der Waals surface area contributed by atoms with Crippen molar-refractivity contribution in [1.29, 1.82) is 0 Å². The largest absolute Gasteiger partial charge is 0.497 e. The van der Waals surface area contributed by atoms with Crippen LogP contribution in [0.3, 0.4) is 0 Å². The highest BCUT2D eigenvalue weighted by molar-refractivity contribution is 6.17. The predicted octanol–water partition coefficient (Wildman–Crippen LogP) is 1.37. The van der Waals surface area contributed by atoms with Crippen molar-refractivity contribution in [2.24, 2.45) is 0 Å². The minimum atomic E-state index is -0.249. The van der Waals surface area contributed by atoms with Crippen LogP contribution in [0.25, 0.3) is 0 Å². The van der Waals surface area contributed by atoms with Crippen LogP contribution in [-0.4, -0.2) is 42.6 Å². The number of nitrogens with zero attached hydrogens (tertiary/aromatic N) is 2. The molecule has 0 aromatic heterocycles. The normalized spacial score (nSPS) is 22.5. The first-order valence-electron chi connectivity index (χ1n) is 8.85. The molecule has 6 heteroatoms. The summed E-state index contributed by atoms with van der Waals surface area (Å²) in [6.45, 7) is 1.37. The highest BCUT2D eigenvalue weighted by atomic mass is 16.5. The second-order valence-electron chi connectivity index (χ2n) is 6.67. The third-order valence-corrected chi connectivity index (χ3v) is 5.17. The lowest BCUT2D eigenvalue weighted by molar-refractivity contribution is -0.659. The Morgan fingerprint density at radius 1 is 1.08 bits per heavy atom. The molecule has 0 radical (unpaired) electrons. The lowest BCUT2D eigenvalue weighted by Crippen LogP contribution is -2.93. The molecule has 0 saturated carbocycles. The number of carbonyl (C=O) groups is 2. The van der Waals surface area contributed by atoms with Crippen LogP contribution in [0.4, 0.5) is 10.5 Å². The molecule has 0 bridgehead atoms. The summed E-state index contributed by atoms with van der Waals surface area (Å²) in [4.78, 5) is 29.4. The first kappa shape index (κ1) is 16.6. The zero-order valence-corrected chi connectivity index (χ0v) is 14.7. The summed E-state index contributed by atoms with van der Waals surface area (Å²) in [5.41, 5.74) is 1.65. The quantitative estimate of drug-likeness (QED) is 0.904. The summed E-state index contributed by atoms with van der Waals surface area (Å²) in [6.07, 6.45) is 0.839. The summed E-state index contributed by atoms with van der Waals surface area (Å²) in [7, 11) is 1.59. The average Bonchev–Trinajstić information content (AvgIpc) is 3.17. The van der Waals surface area contributed by atoms with Gasteiger partial charge < -0.3 is 15.0 Å². The van der Waals surface area contributed by atoms with Gasteiger partial charge in [-0.15, -0.1) is 0 Å². The molecule has 2 N–H and O–H groups in total. The van der Waals surface area contributed by atoms with Gasteiger partial charge in [-0.2, -0.15) is 0 Å². The smallest absolute Gasteiger partial charge is 0.332 e. The van der Waals surface area contributed by atoms with Gasteiger partial charge in [-0.3, -0.25) is 4.79 Å². The molecule has 134 valence electrons. The molecule has 2 atom stereocenters. The number of ether oxygens (including phenoxy) is 1. The maximum atomic E-state index is 13.2. The number of fused-ring (bicyclic) bond motifs is 1. The van der Waals surface area contributed by atoms with Crippen LogP contribution in [-0.2, 0) is 11.3 Å². The zero-order valence-electron chi connectivity index (χ0n) is 14.7. The molecule has 2 aliphatic rings. The fraction of sp³-hybridized carbons (Fsp3) is 0.300. The molecule has 0 aliphatic carbocycles. The Morgan fingerprint density at radius 3 is 2.50 bits per heavy atom. The van der Waals surface area contributed by atoms with Gasteiger partial charge in [0.15, 0.2) is 6.04 Å². The Morgan fingerprint density at radius 2 is 1.81 bits per heavy atom. The number of hydrogen-bond donors (Lipinski definition) is 1. The number of anilines is 1. The molecule has 6 nitrogen and oxygen atoms in total. The number of carbonyl (C=O) groups excluding carboxylic acids is 2. The van der Waals surface area contributed by atoms with E-state index in [0.29, 0.717) is 18.0 Å². The first-order chi connectivity index (χ1) is 12.7. The van der Waals surface area contributed by atoms with Crippen molar-refractivity contribution >= 4 is 17.6 Å². The van der Waals surface area contributed by atoms with Gasteiger partial charge in [-0.25, -0.2) is 9.69 Å². The summed E-state index contributed by atoms with van der Waals surface area (Å²) >= 11 is 0. The maximum Gasteiger partial charge on any atom is 0.332 e. The van der Waals surface area contributed by atoms with E-state index in [1.54, 1.807) is 31.4 Å². The van der Waals surface area contributed by atoms with Crippen LogP contribution in [0.2, 0.25) is 0 Å². The van der Waals surface area contributed by atoms with E-state index in [1.165, 1.54) is 4.90 Å². The minimum absolute atomic E-state index is 0.0512. The molecule has 0 spiro atoms. The molecule has 2 heterocycles. The van der Waals surface area contributed by atoms with E-state index in [-0.39, 0.29) is 24.0 Å². The summed E-state index contributed by atoms with van der Waals surface area (Å²) < 4.78 is 5.17. The number of benzene rings is 2. The second kappa shape index (κ2) is 6.80. The topological polar surface area (TPSA) is 66.5 Å². The minimum Gasteiger partial charge on any atom is -0.497 e. The lowest BCUT2D eigenvalue weighted by Gasteiger charge is -2.40. The predicted molar refractivity (Wildman–Crippen MR) is 96.8 cm³/mol. The molecular weight excluding hydrogens is 330 g/mol. The third kappa shape index (κ3) is 2.82. The number of urea groups is 1. The third-order valence-electron chi connectivity index (χ3n) is 5.17. The molecule has 2 fully saturated rings. The Labute approximate surface area is 152 Å². The van der Waals surface area contributed by atoms with E-state index in [4.69, 9.17) is 4.74 Å². The van der Waals surface area contributed by atoms with Gasteiger partial charge in [-0.05, 0) is 29.8 Å². The van der Waals surface area contributed by atoms with Crippen molar-refractivity contribution in [2.75, 3.05) is 18.6 Å². The number of imide groups is 1. The van der Waals surface area contributed by atoms with Crippen LogP contribution in [0.1, 0.15) is 12.0 Å². The molecule has 2 aromatic carbocycles. The monoisotopic (exact) mass is 352 g/mol. The van der Waals surface area contributed by atoms with Gasteiger partial charge in [-0.1, -0.05) is 30.3 Å². The second-order valence-corrected chi connectivity index (χ2v) is 6.67. The van der Waals surface area contributed by atoms with Crippen molar-refractivity contribution in [1.82, 2.24) is 4.90 Å². The molecule has 2 aromatic rings. The molecule has 2 saturated heterocycles. The van der Waals surface area contributed by atoms with Crippen molar-refractivity contribution in [3.05, 3.63) is 60.2 Å². The Bertz CT molecular complexity index is 807. The summed E-state index contributed by atoms with van der Waals surface area (Å²) in [5, 5.41) is 2.05. The van der Waals surface area contributed by atoms with E-state index in [9.17, 15) is 9.59 Å². The van der Waals surface area contributed by atoms with Crippen LogP contribution >= 0.6 is 0 Å². The SMILES string of the molecule is COc1ccc(N2C(=O)[C@H]3[NH2+]CC[C@H]3N(Cc3ccccc3)C2=O)cc1. The number of rotatable bonds is 4. The van der Waals surface area contributed by atoms with Crippen molar-refractivity contribution < 1.29 is 19.6 Å². The Balaban J connectivity index is 1.67. The van der Waals surface area contributed by atoms with Crippen LogP contribution in [0.15, 0.2) is 54.6 Å². The first-order valence-corrected chi connectivity index (χ1v) is 8.85. The fourth-order valence-electron chi connectivity index (χ4n) is 3.85. The molecule has 4 rings (SSSR count). The number of hydrogen-bond acceptors (Lipinski definition) is 3. The van der Waals surface area contributed by atoms with Crippen molar-refractivity contribution in [3.8, 4) is 5.75 Å². The maximum absolute atomic E-state index is 13.2. The number of quaternary nitrogens is 1. The van der Waals surface area contributed by atoms with E-state index >= 15 is 0 Å². The van der Waals surface area contributed by atoms with Crippen LogP contribution < -0.4 is 15.0 Å². The van der Waals surface area contributed by atoms with Gasteiger partial charge in [0, 0.05) is 13.0 Å². The van der Waals surface area contributed by atoms with Gasteiger partial charge in [0.2, 0.25) is 0 Å². The highest BCUT2D eigenvalue weighted by Gasteiger charge is 2.51. The lowest BCUT2D eigenvalue weighted by atomic mass is 10.0. The molecule has 2 aliphatic heterocycles. The fourth-order valence-corrected chi connectivity index (χ4v) is 3.85. The Kier molecular flexibility index (Phi) is 4.34. The molecule has 3 amide bonds. The number of nitrogens with two attached hydrogens (primary N) is 1. The highest BCUT2D eigenvalue weighted by Crippen LogP contribution is 2.28.